The number of halogens is 4. The zero-order valence-corrected chi connectivity index (χ0v) is 16.9. The van der Waals surface area contributed by atoms with Crippen molar-refractivity contribution in [2.24, 2.45) is 0 Å². The minimum absolute atomic E-state index is 0.0659. The van der Waals surface area contributed by atoms with Crippen molar-refractivity contribution in [2.75, 3.05) is 18.9 Å². The van der Waals surface area contributed by atoms with Crippen LogP contribution in [0.4, 0.5) is 19.0 Å². The van der Waals surface area contributed by atoms with E-state index in [-0.39, 0.29) is 19.3 Å². The number of carboxylic acids is 1. The lowest BCUT2D eigenvalue weighted by Gasteiger charge is -2.33. The maximum atomic E-state index is 10.6. The molecule has 1 aliphatic heterocycles. The number of nitrogens with two attached hydrogens (primary N) is 1. The van der Waals surface area contributed by atoms with Crippen LogP contribution in [-0.2, 0) is 15.1 Å². The molecule has 1 aliphatic rings. The summed E-state index contributed by atoms with van der Waals surface area (Å²) < 4.78 is 43.8. The number of carbonyl (C=O) groups is 1. The van der Waals surface area contributed by atoms with Crippen molar-refractivity contribution in [3.8, 4) is 11.4 Å². The van der Waals surface area contributed by atoms with Gasteiger partial charge in [-0.15, -0.1) is 0 Å². The molecule has 0 aliphatic carbocycles. The number of aromatic nitrogens is 4. The van der Waals surface area contributed by atoms with Gasteiger partial charge < -0.3 is 25.2 Å². The molecule has 3 aromatic heterocycles. The number of nitrogen functional groups attached to an aromatic ring is 1. The van der Waals surface area contributed by atoms with E-state index < -0.39 is 17.7 Å². The second-order valence-electron chi connectivity index (χ2n) is 7.01. The van der Waals surface area contributed by atoms with Gasteiger partial charge in [0.05, 0.1) is 35.3 Å². The molecule has 0 spiro atoms. The smallest absolute Gasteiger partial charge is 0.475 e. The fourth-order valence-electron chi connectivity index (χ4n) is 2.75. The Bertz CT molecular complexity index is 1120. The molecule has 0 bridgehead atoms. The summed E-state index contributed by atoms with van der Waals surface area (Å²) in [5.41, 5.74) is 6.60. The largest absolute Gasteiger partial charge is 0.490 e. The second kappa shape index (κ2) is 7.98. The number of hydrogen-bond acceptors (Lipinski definition) is 8. The van der Waals surface area contributed by atoms with Crippen LogP contribution in [0.25, 0.3) is 22.3 Å². The molecule has 1 fully saturated rings. The summed E-state index contributed by atoms with van der Waals surface area (Å²) in [6, 6.07) is 1.71. The van der Waals surface area contributed by atoms with Crippen molar-refractivity contribution in [3.63, 3.8) is 0 Å². The van der Waals surface area contributed by atoms with Gasteiger partial charge in [-0.05, 0) is 13.8 Å². The zero-order chi connectivity index (χ0) is 23.1. The first-order chi connectivity index (χ1) is 14.3. The second-order valence-corrected chi connectivity index (χ2v) is 7.41. The first-order valence-electron chi connectivity index (χ1n) is 8.75. The van der Waals surface area contributed by atoms with Crippen molar-refractivity contribution >= 4 is 34.3 Å². The molecule has 0 aromatic carbocycles. The highest BCUT2D eigenvalue weighted by atomic mass is 35.5. The van der Waals surface area contributed by atoms with Crippen LogP contribution in [0.2, 0.25) is 5.02 Å². The molecule has 31 heavy (non-hydrogen) atoms. The van der Waals surface area contributed by atoms with Crippen LogP contribution in [-0.4, -0.2) is 55.5 Å². The summed E-state index contributed by atoms with van der Waals surface area (Å²) in [5, 5.41) is 27.1. The third-order valence-electron chi connectivity index (χ3n) is 4.33. The summed E-state index contributed by atoms with van der Waals surface area (Å²) in [6.45, 7) is 4.34. The molecule has 10 nitrogen and oxygen atoms in total. The van der Waals surface area contributed by atoms with Gasteiger partial charge in [0.2, 0.25) is 0 Å². The third-order valence-corrected chi connectivity index (χ3v) is 4.61. The minimum atomic E-state index is -5.08. The molecule has 0 saturated carbocycles. The molecule has 0 amide bonds. The van der Waals surface area contributed by atoms with E-state index in [1.54, 1.807) is 10.7 Å². The predicted octanol–water partition coefficient (Wildman–Crippen LogP) is 2.75. The third kappa shape index (κ3) is 4.29. The first kappa shape index (κ1) is 22.8. The summed E-state index contributed by atoms with van der Waals surface area (Å²) >= 11 is 6.31. The average molecular weight is 464 g/mol. The zero-order valence-electron chi connectivity index (χ0n) is 16.1. The van der Waals surface area contributed by atoms with Crippen LogP contribution in [0.3, 0.4) is 0 Å². The van der Waals surface area contributed by atoms with Gasteiger partial charge in [-0.3, -0.25) is 4.68 Å². The number of rotatable bonds is 3. The van der Waals surface area contributed by atoms with Crippen molar-refractivity contribution in [1.82, 2.24) is 19.9 Å². The topological polar surface area (TPSA) is 150 Å². The van der Waals surface area contributed by atoms with E-state index in [1.165, 1.54) is 6.20 Å². The molecule has 3 aromatic rings. The highest BCUT2D eigenvalue weighted by Crippen LogP contribution is 2.38. The maximum Gasteiger partial charge on any atom is 0.490 e. The average Bonchev–Trinajstić information content (AvgIpc) is 3.28. The minimum Gasteiger partial charge on any atom is -0.475 e. The van der Waals surface area contributed by atoms with E-state index >= 15 is 0 Å². The Kier molecular flexibility index (Phi) is 5.86. The van der Waals surface area contributed by atoms with Crippen LogP contribution in [0, 0.1) is 0 Å². The lowest BCUT2D eigenvalue weighted by Crippen LogP contribution is -2.46. The van der Waals surface area contributed by atoms with E-state index in [0.29, 0.717) is 38.9 Å². The highest BCUT2D eigenvalue weighted by molar-refractivity contribution is 6.35. The molecule has 0 unspecified atom stereocenters. The molecule has 168 valence electrons. The molecule has 4 heterocycles. The maximum absolute atomic E-state index is 10.6. The number of hydrogen-bond donors (Lipinski definition) is 3. The van der Waals surface area contributed by atoms with Crippen LogP contribution in [0.1, 0.15) is 25.6 Å². The Hall–Kier alpha value is -2.90. The van der Waals surface area contributed by atoms with Gasteiger partial charge in [0.1, 0.15) is 17.2 Å². The number of fused-ring (bicyclic) bond motifs is 1. The van der Waals surface area contributed by atoms with Gasteiger partial charge in [0, 0.05) is 12.1 Å². The van der Waals surface area contributed by atoms with Crippen molar-refractivity contribution in [1.29, 1.82) is 0 Å². The summed E-state index contributed by atoms with van der Waals surface area (Å²) in [5.74, 6) is -2.11. The van der Waals surface area contributed by atoms with Crippen LogP contribution in [0.5, 0.6) is 0 Å². The van der Waals surface area contributed by atoms with E-state index in [1.807, 2.05) is 13.8 Å². The lowest BCUT2D eigenvalue weighted by molar-refractivity contribution is -0.195. The van der Waals surface area contributed by atoms with E-state index in [4.69, 9.17) is 36.5 Å². The van der Waals surface area contributed by atoms with Gasteiger partial charge in [-0.1, -0.05) is 16.8 Å². The Morgan fingerprint density at radius 3 is 2.48 bits per heavy atom. The highest BCUT2D eigenvalue weighted by Gasteiger charge is 2.42. The van der Waals surface area contributed by atoms with Crippen LogP contribution in [0.15, 0.2) is 16.8 Å². The lowest BCUT2D eigenvalue weighted by atomic mass is 9.98. The number of alkyl halides is 3. The van der Waals surface area contributed by atoms with Gasteiger partial charge in [0.15, 0.2) is 11.4 Å². The molecule has 14 heteroatoms. The number of anilines is 1. The van der Waals surface area contributed by atoms with Gasteiger partial charge in [0.25, 0.3) is 0 Å². The van der Waals surface area contributed by atoms with Crippen molar-refractivity contribution in [2.45, 2.75) is 31.7 Å². The van der Waals surface area contributed by atoms with E-state index in [9.17, 15) is 18.3 Å². The van der Waals surface area contributed by atoms with Gasteiger partial charge in [-0.2, -0.15) is 18.3 Å². The number of ether oxygens (including phenoxy) is 1. The monoisotopic (exact) mass is 463 g/mol. The SMILES string of the molecule is CC(C)n1nc(-c2cc(C3(O)COC3)on2)c2c(N)ncc(Cl)c21.O=C(O)C(F)(F)F. The summed E-state index contributed by atoms with van der Waals surface area (Å²) in [7, 11) is 0. The summed E-state index contributed by atoms with van der Waals surface area (Å²) in [4.78, 5) is 13.0. The summed E-state index contributed by atoms with van der Waals surface area (Å²) in [6.07, 6.45) is -3.58. The quantitative estimate of drug-likeness (QED) is 0.532. The van der Waals surface area contributed by atoms with Crippen molar-refractivity contribution < 1.29 is 37.4 Å². The molecule has 0 atom stereocenters. The molecular formula is C17H17ClF3N5O5. The standard InChI is InChI=1S/C15H16ClN5O3.C2HF3O2/c1-7(2)21-13-8(16)4-18-14(17)11(13)12(19-21)9-3-10(24-20-9)15(22)5-23-6-15;3-2(4,5)1(6)7/h3-4,7,22H,5-6H2,1-2H3,(H2,17,18);(H,6,7). The first-order valence-corrected chi connectivity index (χ1v) is 9.13. The fraction of sp³-hybridized carbons (Fsp3) is 0.412. The normalized spacial score (nSPS) is 15.5. The number of pyridine rings is 1. The number of nitrogens with zero attached hydrogens (tertiary/aromatic N) is 4. The molecule has 1 saturated heterocycles. The van der Waals surface area contributed by atoms with Gasteiger partial charge in [-0.25, -0.2) is 9.78 Å². The fourth-order valence-corrected chi connectivity index (χ4v) is 2.98. The van der Waals surface area contributed by atoms with Crippen molar-refractivity contribution in [3.05, 3.63) is 23.0 Å². The number of aliphatic carboxylic acids is 1. The predicted molar refractivity (Wildman–Crippen MR) is 101 cm³/mol. The number of aliphatic hydroxyl groups is 1. The van der Waals surface area contributed by atoms with Crippen LogP contribution < -0.4 is 5.73 Å². The van der Waals surface area contributed by atoms with Crippen LogP contribution >= 0.6 is 11.6 Å². The van der Waals surface area contributed by atoms with Gasteiger partial charge >= 0.3 is 12.1 Å². The Morgan fingerprint density at radius 2 is 2.00 bits per heavy atom. The number of carboxylic acid groups (broad SMARTS) is 1. The van der Waals surface area contributed by atoms with E-state index in [0.717, 1.165) is 0 Å². The molecule has 0 radical (unpaired) electrons. The molecular weight excluding hydrogens is 447 g/mol. The Morgan fingerprint density at radius 1 is 1.39 bits per heavy atom. The Balaban J connectivity index is 0.000000339. The Labute approximate surface area is 177 Å². The molecule has 4 N–H and O–H groups in total. The van der Waals surface area contributed by atoms with E-state index in [2.05, 4.69) is 15.2 Å². The molecule has 4 rings (SSSR count).